The normalized spacial score (nSPS) is 10.4. The highest BCUT2D eigenvalue weighted by Gasteiger charge is 2.09. The first-order valence-electron chi connectivity index (χ1n) is 7.94. The van der Waals surface area contributed by atoms with E-state index in [9.17, 15) is 4.79 Å². The number of benzene rings is 2. The molecular weight excluding hydrogens is 372 g/mol. The third-order valence-electron chi connectivity index (χ3n) is 3.34. The summed E-state index contributed by atoms with van der Waals surface area (Å²) in [7, 11) is 0. The van der Waals surface area contributed by atoms with Crippen molar-refractivity contribution in [1.29, 1.82) is 0 Å². The van der Waals surface area contributed by atoms with Crippen LogP contribution in [0.1, 0.15) is 10.6 Å². The number of anilines is 2. The van der Waals surface area contributed by atoms with Crippen LogP contribution in [0.5, 0.6) is 5.75 Å². The molecule has 0 radical (unpaired) electrons. The number of rotatable bonds is 6. The van der Waals surface area contributed by atoms with Crippen molar-refractivity contribution >= 4 is 39.8 Å². The number of nitrogens with zero attached hydrogens (tertiary/aromatic N) is 2. The first-order chi connectivity index (χ1) is 12.6. The van der Waals surface area contributed by atoms with Crippen LogP contribution < -0.4 is 15.4 Å². The van der Waals surface area contributed by atoms with E-state index < -0.39 is 6.03 Å². The minimum atomic E-state index is -0.397. The lowest BCUT2D eigenvalue weighted by Crippen LogP contribution is -2.19. The molecule has 0 unspecified atom stereocenters. The third-order valence-corrected chi connectivity index (χ3v) is 4.48. The zero-order valence-corrected chi connectivity index (χ0v) is 15.6. The molecule has 3 aromatic rings. The Kier molecular flexibility index (Phi) is 6.04. The molecule has 1 heterocycles. The van der Waals surface area contributed by atoms with Crippen LogP contribution in [0.2, 0.25) is 5.02 Å². The van der Waals surface area contributed by atoms with E-state index in [1.807, 2.05) is 31.2 Å². The van der Waals surface area contributed by atoms with E-state index in [4.69, 9.17) is 16.3 Å². The third kappa shape index (κ3) is 5.44. The van der Waals surface area contributed by atoms with Gasteiger partial charge in [0.1, 0.15) is 10.8 Å². The Balaban J connectivity index is 1.47. The zero-order chi connectivity index (χ0) is 18.4. The molecule has 0 aliphatic heterocycles. The summed E-state index contributed by atoms with van der Waals surface area (Å²) in [6, 6.07) is 14.4. The van der Waals surface area contributed by atoms with Crippen molar-refractivity contribution in [3.63, 3.8) is 0 Å². The molecular formula is C18H17ClN4O2S. The van der Waals surface area contributed by atoms with Gasteiger partial charge in [-0.05, 0) is 42.8 Å². The van der Waals surface area contributed by atoms with Crippen LogP contribution in [0.15, 0.2) is 48.5 Å². The Morgan fingerprint density at radius 2 is 2.00 bits per heavy atom. The molecule has 0 fully saturated rings. The summed E-state index contributed by atoms with van der Waals surface area (Å²) in [6.45, 7) is 2.51. The smallest absolute Gasteiger partial charge is 0.325 e. The fourth-order valence-corrected chi connectivity index (χ4v) is 3.10. The first kappa shape index (κ1) is 18.2. The molecule has 8 heteroatoms. The summed E-state index contributed by atoms with van der Waals surface area (Å²) in [5.41, 5.74) is 1.75. The predicted octanol–water partition coefficient (Wildman–Crippen LogP) is 4.77. The van der Waals surface area contributed by atoms with Gasteiger partial charge in [0.25, 0.3) is 0 Å². The quantitative estimate of drug-likeness (QED) is 0.638. The zero-order valence-electron chi connectivity index (χ0n) is 14.0. The molecule has 0 saturated carbocycles. The lowest BCUT2D eigenvalue weighted by molar-refractivity contribution is 0.262. The van der Waals surface area contributed by atoms with Crippen LogP contribution in [0.4, 0.5) is 15.6 Å². The Bertz CT molecular complexity index is 900. The number of urea groups is 1. The van der Waals surface area contributed by atoms with Gasteiger partial charge < -0.3 is 10.1 Å². The largest absolute Gasteiger partial charge is 0.493 e. The highest BCUT2D eigenvalue weighted by molar-refractivity contribution is 7.15. The molecule has 26 heavy (non-hydrogen) atoms. The summed E-state index contributed by atoms with van der Waals surface area (Å²) in [5.74, 6) is 0.828. The van der Waals surface area contributed by atoms with Crippen molar-refractivity contribution in [2.24, 2.45) is 0 Å². The van der Waals surface area contributed by atoms with Gasteiger partial charge in [-0.2, -0.15) is 0 Å². The van der Waals surface area contributed by atoms with E-state index in [1.54, 1.807) is 24.3 Å². The Morgan fingerprint density at radius 3 is 2.81 bits per heavy atom. The highest BCUT2D eigenvalue weighted by atomic mass is 35.5. The SMILES string of the molecule is Cc1cccc(OCCc2nnc(NC(=O)Nc3cccc(Cl)c3)s2)c1. The average molecular weight is 389 g/mol. The van der Waals surface area contributed by atoms with Crippen LogP contribution >= 0.6 is 22.9 Å². The molecule has 3 rings (SSSR count). The monoisotopic (exact) mass is 388 g/mol. The van der Waals surface area contributed by atoms with E-state index >= 15 is 0 Å². The number of hydrogen-bond acceptors (Lipinski definition) is 5. The molecule has 2 aromatic carbocycles. The maximum Gasteiger partial charge on any atom is 0.325 e. The van der Waals surface area contributed by atoms with Crippen LogP contribution in [0, 0.1) is 6.92 Å². The van der Waals surface area contributed by atoms with Crippen LogP contribution in [0.3, 0.4) is 0 Å². The minimum absolute atomic E-state index is 0.397. The first-order valence-corrected chi connectivity index (χ1v) is 9.13. The fraction of sp³-hybridized carbons (Fsp3) is 0.167. The number of carbonyl (C=O) groups excluding carboxylic acids is 1. The summed E-state index contributed by atoms with van der Waals surface area (Å²) >= 11 is 7.20. The summed E-state index contributed by atoms with van der Waals surface area (Å²) in [4.78, 5) is 12.0. The number of nitrogens with one attached hydrogen (secondary N) is 2. The van der Waals surface area contributed by atoms with Crippen LogP contribution in [-0.2, 0) is 6.42 Å². The van der Waals surface area contributed by atoms with Gasteiger partial charge in [0.15, 0.2) is 0 Å². The molecule has 134 valence electrons. The molecule has 0 aliphatic carbocycles. The Morgan fingerprint density at radius 1 is 1.15 bits per heavy atom. The van der Waals surface area contributed by atoms with E-state index in [0.717, 1.165) is 16.3 Å². The van der Waals surface area contributed by atoms with Crippen molar-refractivity contribution in [3.8, 4) is 5.75 Å². The van der Waals surface area contributed by atoms with Gasteiger partial charge in [0, 0.05) is 17.1 Å². The standard InChI is InChI=1S/C18H17ClN4O2S/c1-12-4-2-7-15(10-12)25-9-8-16-22-23-18(26-16)21-17(24)20-14-6-3-5-13(19)11-14/h2-7,10-11H,8-9H2,1H3,(H2,20,21,23,24). The van der Waals surface area contributed by atoms with E-state index in [0.29, 0.717) is 28.9 Å². The Hall–Kier alpha value is -2.64. The second-order valence-corrected chi connectivity index (χ2v) is 7.00. The average Bonchev–Trinajstić information content (AvgIpc) is 3.02. The van der Waals surface area contributed by atoms with E-state index in [2.05, 4.69) is 20.8 Å². The minimum Gasteiger partial charge on any atom is -0.493 e. The van der Waals surface area contributed by atoms with Crippen LogP contribution in [0.25, 0.3) is 0 Å². The Labute approximate surface area is 160 Å². The number of aryl methyl sites for hydroxylation is 1. The molecule has 0 aliphatic rings. The number of hydrogen-bond donors (Lipinski definition) is 2. The van der Waals surface area contributed by atoms with Gasteiger partial charge in [-0.25, -0.2) is 4.79 Å². The van der Waals surface area contributed by atoms with Crippen molar-refractivity contribution < 1.29 is 9.53 Å². The van der Waals surface area contributed by atoms with Gasteiger partial charge in [0.2, 0.25) is 5.13 Å². The molecule has 0 spiro atoms. The molecule has 1 aromatic heterocycles. The topological polar surface area (TPSA) is 76.1 Å². The lowest BCUT2D eigenvalue weighted by atomic mass is 10.2. The second kappa shape index (κ2) is 8.64. The van der Waals surface area contributed by atoms with E-state index in [-0.39, 0.29) is 0 Å². The second-order valence-electron chi connectivity index (χ2n) is 5.51. The van der Waals surface area contributed by atoms with Crippen LogP contribution in [-0.4, -0.2) is 22.8 Å². The van der Waals surface area contributed by atoms with Gasteiger partial charge in [-0.15, -0.1) is 10.2 Å². The van der Waals surface area contributed by atoms with Gasteiger partial charge in [-0.3, -0.25) is 5.32 Å². The summed E-state index contributed by atoms with van der Waals surface area (Å²) in [5, 5.41) is 15.1. The van der Waals surface area contributed by atoms with E-state index in [1.165, 1.54) is 11.3 Å². The molecule has 0 saturated heterocycles. The van der Waals surface area contributed by atoms with Crippen molar-refractivity contribution in [2.45, 2.75) is 13.3 Å². The summed E-state index contributed by atoms with van der Waals surface area (Å²) < 4.78 is 5.70. The molecule has 0 bridgehead atoms. The van der Waals surface area contributed by atoms with Crippen molar-refractivity contribution in [2.75, 3.05) is 17.2 Å². The highest BCUT2D eigenvalue weighted by Crippen LogP contribution is 2.19. The van der Waals surface area contributed by atoms with Gasteiger partial charge >= 0.3 is 6.03 Å². The molecule has 2 N–H and O–H groups in total. The summed E-state index contributed by atoms with van der Waals surface area (Å²) in [6.07, 6.45) is 0.614. The maximum atomic E-state index is 12.0. The van der Waals surface area contributed by atoms with Gasteiger partial charge in [0.05, 0.1) is 6.61 Å². The number of halogens is 1. The number of carbonyl (C=O) groups is 1. The molecule has 0 atom stereocenters. The fourth-order valence-electron chi connectivity index (χ4n) is 2.19. The molecule has 2 amide bonds. The molecule has 6 nitrogen and oxygen atoms in total. The number of ether oxygens (including phenoxy) is 1. The van der Waals surface area contributed by atoms with Crippen molar-refractivity contribution in [3.05, 3.63) is 64.1 Å². The van der Waals surface area contributed by atoms with Crippen molar-refractivity contribution in [1.82, 2.24) is 10.2 Å². The lowest BCUT2D eigenvalue weighted by Gasteiger charge is -2.05. The number of amides is 2. The maximum absolute atomic E-state index is 12.0. The predicted molar refractivity (Wildman–Crippen MR) is 104 cm³/mol. The van der Waals surface area contributed by atoms with Gasteiger partial charge in [-0.1, -0.05) is 41.1 Å². The number of aromatic nitrogens is 2.